The van der Waals surface area contributed by atoms with E-state index in [9.17, 15) is 4.79 Å². The summed E-state index contributed by atoms with van der Waals surface area (Å²) in [5, 5.41) is 9.24. The van der Waals surface area contributed by atoms with E-state index in [0.717, 1.165) is 35.6 Å². The van der Waals surface area contributed by atoms with E-state index in [0.29, 0.717) is 11.1 Å². The second kappa shape index (κ2) is 7.69. The molecule has 1 heterocycles. The summed E-state index contributed by atoms with van der Waals surface area (Å²) >= 11 is 1.39. The number of anilines is 2. The Morgan fingerprint density at radius 1 is 1.00 bits per heavy atom. The Balaban J connectivity index is 1.43. The predicted octanol–water partition coefficient (Wildman–Crippen LogP) is 5.89. The second-order valence-electron chi connectivity index (χ2n) is 9.58. The van der Waals surface area contributed by atoms with Crippen molar-refractivity contribution in [2.75, 3.05) is 4.90 Å². The van der Waals surface area contributed by atoms with Gasteiger partial charge in [-0.05, 0) is 49.4 Å². The van der Waals surface area contributed by atoms with E-state index in [1.807, 2.05) is 67.6 Å². The standard InChI is InChI=1S/C26H28N4OS/c1-17(23(31)30(18-11-7-5-8-12-18)19-13-9-6-10-14-19)32-24-27-22-21(28-29-24)20-15-16-26(22,4)25(20,2)3/h5-14,17,20H,15-16H2,1-4H3. The highest BCUT2D eigenvalue weighted by Crippen LogP contribution is 2.66. The van der Waals surface area contributed by atoms with Gasteiger partial charge in [0.05, 0.1) is 16.6 Å². The van der Waals surface area contributed by atoms with Gasteiger partial charge in [0, 0.05) is 22.7 Å². The molecule has 3 aromatic rings. The fourth-order valence-corrected chi connectivity index (χ4v) is 6.12. The maximum atomic E-state index is 13.6. The number of hydrogen-bond donors (Lipinski definition) is 0. The molecular formula is C26H28N4OS. The molecule has 1 amide bonds. The predicted molar refractivity (Wildman–Crippen MR) is 128 cm³/mol. The Morgan fingerprint density at radius 2 is 1.59 bits per heavy atom. The third kappa shape index (κ3) is 3.15. The first-order valence-electron chi connectivity index (χ1n) is 11.2. The Bertz CT molecular complexity index is 1110. The van der Waals surface area contributed by atoms with Gasteiger partial charge in [-0.2, -0.15) is 5.10 Å². The summed E-state index contributed by atoms with van der Waals surface area (Å²) in [5.41, 5.74) is 3.98. The molecule has 1 aromatic heterocycles. The lowest BCUT2D eigenvalue weighted by molar-refractivity contribution is -0.117. The molecule has 1 fully saturated rings. The van der Waals surface area contributed by atoms with Crippen molar-refractivity contribution >= 4 is 29.0 Å². The van der Waals surface area contributed by atoms with Crippen LogP contribution in [-0.4, -0.2) is 26.3 Å². The molecule has 6 heteroatoms. The lowest BCUT2D eigenvalue weighted by Gasteiger charge is -2.34. The molecule has 164 valence electrons. The fourth-order valence-electron chi connectivity index (χ4n) is 5.36. The Hall–Kier alpha value is -2.73. The van der Waals surface area contributed by atoms with Crippen molar-refractivity contribution in [3.8, 4) is 0 Å². The summed E-state index contributed by atoms with van der Waals surface area (Å²) in [6.45, 7) is 8.87. The van der Waals surface area contributed by atoms with E-state index < -0.39 is 0 Å². The number of hydrogen-bond acceptors (Lipinski definition) is 5. The van der Waals surface area contributed by atoms with Crippen molar-refractivity contribution in [1.29, 1.82) is 0 Å². The molecular weight excluding hydrogens is 416 g/mol. The minimum absolute atomic E-state index is 0.00967. The Morgan fingerprint density at radius 3 is 2.19 bits per heavy atom. The van der Waals surface area contributed by atoms with Gasteiger partial charge in [-0.1, -0.05) is 68.9 Å². The molecule has 1 saturated carbocycles. The zero-order valence-electron chi connectivity index (χ0n) is 18.9. The molecule has 2 bridgehead atoms. The van der Waals surface area contributed by atoms with Crippen molar-refractivity contribution in [1.82, 2.24) is 15.2 Å². The number of amides is 1. The van der Waals surface area contributed by atoms with Crippen LogP contribution < -0.4 is 4.90 Å². The van der Waals surface area contributed by atoms with E-state index in [1.54, 1.807) is 4.90 Å². The fraction of sp³-hybridized carbons (Fsp3) is 0.385. The molecule has 0 N–H and O–H groups in total. The largest absolute Gasteiger partial charge is 0.280 e. The van der Waals surface area contributed by atoms with E-state index in [2.05, 4.69) is 31.0 Å². The van der Waals surface area contributed by atoms with Crippen LogP contribution in [0.3, 0.4) is 0 Å². The quantitative estimate of drug-likeness (QED) is 0.459. The third-order valence-electron chi connectivity index (χ3n) is 7.65. The van der Waals surface area contributed by atoms with Crippen molar-refractivity contribution in [2.24, 2.45) is 5.41 Å². The molecule has 0 saturated heterocycles. The van der Waals surface area contributed by atoms with Crippen LogP contribution in [0.1, 0.15) is 57.8 Å². The van der Waals surface area contributed by atoms with Gasteiger partial charge in [-0.25, -0.2) is 4.98 Å². The average molecular weight is 445 g/mol. The second-order valence-corrected chi connectivity index (χ2v) is 10.9. The molecule has 3 unspecified atom stereocenters. The van der Waals surface area contributed by atoms with E-state index in [-0.39, 0.29) is 22.0 Å². The number of nitrogens with zero attached hydrogens (tertiary/aromatic N) is 4. The molecule has 32 heavy (non-hydrogen) atoms. The number of benzene rings is 2. The van der Waals surface area contributed by atoms with Crippen molar-refractivity contribution < 1.29 is 4.79 Å². The van der Waals surface area contributed by atoms with Crippen LogP contribution in [-0.2, 0) is 10.2 Å². The van der Waals surface area contributed by atoms with Gasteiger partial charge in [0.25, 0.3) is 0 Å². The van der Waals surface area contributed by atoms with Gasteiger partial charge in [-0.15, -0.1) is 5.10 Å². The monoisotopic (exact) mass is 444 g/mol. The van der Waals surface area contributed by atoms with Crippen LogP contribution >= 0.6 is 11.8 Å². The third-order valence-corrected chi connectivity index (χ3v) is 8.59. The van der Waals surface area contributed by atoms with Crippen molar-refractivity contribution in [2.45, 2.75) is 62.3 Å². The lowest BCUT2D eigenvalue weighted by atomic mass is 9.70. The highest BCUT2D eigenvalue weighted by Gasteiger charge is 2.61. The van der Waals surface area contributed by atoms with Gasteiger partial charge in [-0.3, -0.25) is 9.69 Å². The van der Waals surface area contributed by atoms with Crippen molar-refractivity contribution in [3.05, 3.63) is 72.1 Å². The Labute approximate surface area is 193 Å². The van der Waals surface area contributed by atoms with Gasteiger partial charge >= 0.3 is 0 Å². The molecule has 2 aliphatic carbocycles. The number of fused-ring (bicyclic) bond motifs is 5. The Kier molecular flexibility index (Phi) is 5.08. The zero-order valence-corrected chi connectivity index (χ0v) is 19.8. The van der Waals surface area contributed by atoms with E-state index in [1.165, 1.54) is 11.8 Å². The zero-order chi connectivity index (χ0) is 22.5. The maximum absolute atomic E-state index is 13.6. The SMILES string of the molecule is CC(Sc1nnc2c(n1)C1(C)CCC2C1(C)C)C(=O)N(c1ccccc1)c1ccccc1. The highest BCUT2D eigenvalue weighted by molar-refractivity contribution is 8.00. The highest BCUT2D eigenvalue weighted by atomic mass is 32.2. The summed E-state index contributed by atoms with van der Waals surface area (Å²) in [6, 6.07) is 19.5. The van der Waals surface area contributed by atoms with Crippen LogP contribution in [0, 0.1) is 5.41 Å². The molecule has 2 aromatic carbocycles. The summed E-state index contributed by atoms with van der Waals surface area (Å²) in [5.74, 6) is 0.414. The van der Waals surface area contributed by atoms with Gasteiger partial charge in [0.1, 0.15) is 0 Å². The van der Waals surface area contributed by atoms with Gasteiger partial charge < -0.3 is 0 Å². The minimum atomic E-state index is -0.366. The normalized spacial score (nSPS) is 23.6. The number of carbonyl (C=O) groups excluding carboxylic acids is 1. The molecule has 5 nitrogen and oxygen atoms in total. The van der Waals surface area contributed by atoms with Crippen LogP contribution in [0.25, 0.3) is 0 Å². The maximum Gasteiger partial charge on any atom is 0.244 e. The van der Waals surface area contributed by atoms with Crippen LogP contribution in [0.2, 0.25) is 0 Å². The lowest BCUT2D eigenvalue weighted by Crippen LogP contribution is -2.33. The van der Waals surface area contributed by atoms with Gasteiger partial charge in [0.15, 0.2) is 0 Å². The molecule has 2 aliphatic rings. The van der Waals surface area contributed by atoms with Crippen LogP contribution in [0.4, 0.5) is 11.4 Å². The molecule has 0 aliphatic heterocycles. The van der Waals surface area contributed by atoms with Crippen LogP contribution in [0.15, 0.2) is 65.8 Å². The molecule has 3 atom stereocenters. The number of para-hydroxylation sites is 2. The average Bonchev–Trinajstić information content (AvgIpc) is 3.13. The van der Waals surface area contributed by atoms with Gasteiger partial charge in [0.2, 0.25) is 11.1 Å². The van der Waals surface area contributed by atoms with E-state index in [4.69, 9.17) is 4.98 Å². The molecule has 5 rings (SSSR count). The molecule has 0 radical (unpaired) electrons. The number of thioether (sulfide) groups is 1. The summed E-state index contributed by atoms with van der Waals surface area (Å²) in [6.07, 6.45) is 2.28. The molecule has 0 spiro atoms. The smallest absolute Gasteiger partial charge is 0.244 e. The number of rotatable bonds is 5. The summed E-state index contributed by atoms with van der Waals surface area (Å²) in [4.78, 5) is 20.3. The van der Waals surface area contributed by atoms with Crippen molar-refractivity contribution in [3.63, 3.8) is 0 Å². The first-order valence-corrected chi connectivity index (χ1v) is 12.1. The van der Waals surface area contributed by atoms with Crippen LogP contribution in [0.5, 0.6) is 0 Å². The summed E-state index contributed by atoms with van der Waals surface area (Å²) in [7, 11) is 0. The first-order chi connectivity index (χ1) is 15.3. The summed E-state index contributed by atoms with van der Waals surface area (Å²) < 4.78 is 0. The number of aromatic nitrogens is 3. The van der Waals surface area contributed by atoms with E-state index >= 15 is 0 Å². The minimum Gasteiger partial charge on any atom is -0.280 e. The first kappa shape index (κ1) is 21.1. The topological polar surface area (TPSA) is 59.0 Å². The number of carbonyl (C=O) groups is 1.